The van der Waals surface area contributed by atoms with E-state index in [0.717, 1.165) is 23.1 Å². The lowest BCUT2D eigenvalue weighted by Crippen LogP contribution is -2.48. The minimum absolute atomic E-state index is 0.0165. The van der Waals surface area contributed by atoms with Gasteiger partial charge in [-0.1, -0.05) is 0 Å². The number of carbonyl (C=O) groups is 2. The van der Waals surface area contributed by atoms with Crippen LogP contribution in [0.3, 0.4) is 0 Å². The largest absolute Gasteiger partial charge is 0.397 e. The number of fused-ring (bicyclic) bond motifs is 1. The fourth-order valence-corrected chi connectivity index (χ4v) is 4.67. The summed E-state index contributed by atoms with van der Waals surface area (Å²) in [6.07, 6.45) is 0.727. The summed E-state index contributed by atoms with van der Waals surface area (Å²) < 4.78 is 5.30. The van der Waals surface area contributed by atoms with Gasteiger partial charge in [0.15, 0.2) is 0 Å². The van der Waals surface area contributed by atoms with Gasteiger partial charge in [-0.25, -0.2) is 4.79 Å². The number of aromatic nitrogens is 2. The Morgan fingerprint density at radius 2 is 1.93 bits per heavy atom. The first-order valence-corrected chi connectivity index (χ1v) is 10.2. The lowest BCUT2D eigenvalue weighted by Gasteiger charge is -2.30. The Bertz CT molecular complexity index is 924. The number of ether oxygens (including phenoxy) is 1. The highest BCUT2D eigenvalue weighted by molar-refractivity contribution is 7.21. The number of nitrogens with two attached hydrogens (primary N) is 1. The molecule has 4 heterocycles. The zero-order chi connectivity index (χ0) is 19.8. The predicted molar refractivity (Wildman–Crippen MR) is 107 cm³/mol. The van der Waals surface area contributed by atoms with Gasteiger partial charge < -0.3 is 25.6 Å². The van der Waals surface area contributed by atoms with E-state index in [4.69, 9.17) is 10.5 Å². The van der Waals surface area contributed by atoms with E-state index >= 15 is 0 Å². The molecule has 0 radical (unpaired) electrons. The molecule has 1 atom stereocenters. The van der Waals surface area contributed by atoms with Crippen molar-refractivity contribution in [2.24, 2.45) is 0 Å². The highest BCUT2D eigenvalue weighted by Crippen LogP contribution is 2.34. The van der Waals surface area contributed by atoms with Gasteiger partial charge in [0.05, 0.1) is 24.6 Å². The van der Waals surface area contributed by atoms with Crippen LogP contribution in [0, 0.1) is 13.8 Å². The molecule has 0 aliphatic carbocycles. The van der Waals surface area contributed by atoms with Crippen LogP contribution in [0.5, 0.6) is 0 Å². The number of anilines is 1. The summed E-state index contributed by atoms with van der Waals surface area (Å²) in [5.74, 6) is -0.219. The van der Waals surface area contributed by atoms with Crippen LogP contribution >= 0.6 is 11.3 Å². The van der Waals surface area contributed by atoms with Crippen molar-refractivity contribution in [2.45, 2.75) is 26.3 Å². The van der Waals surface area contributed by atoms with E-state index in [1.54, 1.807) is 4.90 Å². The number of urea groups is 1. The summed E-state index contributed by atoms with van der Waals surface area (Å²) >= 11 is 1.25. The average molecular weight is 404 g/mol. The molecule has 1 unspecified atom stereocenters. The van der Waals surface area contributed by atoms with Gasteiger partial charge in [-0.2, -0.15) is 5.10 Å². The van der Waals surface area contributed by atoms with E-state index in [-0.39, 0.29) is 18.0 Å². The van der Waals surface area contributed by atoms with Crippen molar-refractivity contribution >= 4 is 39.2 Å². The lowest BCUT2D eigenvalue weighted by molar-refractivity contribution is 0.0450. The summed E-state index contributed by atoms with van der Waals surface area (Å²) in [6, 6.07) is -0.0705. The summed E-state index contributed by atoms with van der Waals surface area (Å²) in [5, 5.41) is 12.1. The summed E-state index contributed by atoms with van der Waals surface area (Å²) in [5.41, 5.74) is 8.45. The summed E-state index contributed by atoms with van der Waals surface area (Å²) in [7, 11) is 0. The molecule has 0 bridgehead atoms. The number of amides is 3. The SMILES string of the molecule is Cc1nnc2sc(C(=O)NC3CCN(C(=O)N4CCOCC4)C3)c(N)c2c1C. The third kappa shape index (κ3) is 3.37. The fourth-order valence-electron chi connectivity index (χ4n) is 3.67. The van der Waals surface area contributed by atoms with Crippen LogP contribution in [0.4, 0.5) is 10.5 Å². The lowest BCUT2D eigenvalue weighted by atomic mass is 10.1. The number of likely N-dealkylation sites (tertiary alicyclic amines) is 1. The first-order chi connectivity index (χ1) is 13.5. The van der Waals surface area contributed by atoms with Crippen LogP contribution in [-0.4, -0.2) is 77.4 Å². The first-order valence-electron chi connectivity index (χ1n) is 9.40. The number of rotatable bonds is 2. The zero-order valence-corrected chi connectivity index (χ0v) is 16.8. The maximum absolute atomic E-state index is 12.8. The van der Waals surface area contributed by atoms with Gasteiger partial charge >= 0.3 is 6.03 Å². The monoisotopic (exact) mass is 404 g/mol. The maximum Gasteiger partial charge on any atom is 0.320 e. The molecule has 10 heteroatoms. The van der Waals surface area contributed by atoms with Crippen LogP contribution in [0.15, 0.2) is 0 Å². The molecule has 4 rings (SSSR count). The van der Waals surface area contributed by atoms with E-state index in [0.29, 0.717) is 54.8 Å². The third-order valence-corrected chi connectivity index (χ3v) is 6.51. The highest BCUT2D eigenvalue weighted by atomic mass is 32.1. The topological polar surface area (TPSA) is 114 Å². The van der Waals surface area contributed by atoms with Crippen molar-refractivity contribution in [3.8, 4) is 0 Å². The molecule has 3 N–H and O–H groups in total. The smallest absolute Gasteiger partial charge is 0.320 e. The van der Waals surface area contributed by atoms with Crippen LogP contribution in [-0.2, 0) is 4.74 Å². The van der Waals surface area contributed by atoms with Gasteiger partial charge in [-0.3, -0.25) is 4.79 Å². The average Bonchev–Trinajstić information content (AvgIpc) is 3.30. The molecule has 28 heavy (non-hydrogen) atoms. The van der Waals surface area contributed by atoms with Crippen LogP contribution in [0.1, 0.15) is 27.3 Å². The number of nitrogen functional groups attached to an aromatic ring is 1. The third-order valence-electron chi connectivity index (χ3n) is 5.42. The Morgan fingerprint density at radius 1 is 1.18 bits per heavy atom. The molecule has 2 aliphatic rings. The molecule has 9 nitrogen and oxygen atoms in total. The van der Waals surface area contributed by atoms with Gasteiger partial charge in [0, 0.05) is 37.6 Å². The number of nitrogens with zero attached hydrogens (tertiary/aromatic N) is 4. The van der Waals surface area contributed by atoms with Crippen molar-refractivity contribution < 1.29 is 14.3 Å². The number of carbonyl (C=O) groups excluding carboxylic acids is 2. The Labute approximate surface area is 166 Å². The van der Waals surface area contributed by atoms with Crippen LogP contribution < -0.4 is 11.1 Å². The van der Waals surface area contributed by atoms with Gasteiger partial charge in [0.1, 0.15) is 9.71 Å². The van der Waals surface area contributed by atoms with E-state index in [2.05, 4.69) is 15.5 Å². The maximum atomic E-state index is 12.8. The predicted octanol–water partition coefficient (Wildman–Crippen LogP) is 1.15. The van der Waals surface area contributed by atoms with Crippen molar-refractivity contribution in [1.29, 1.82) is 0 Å². The van der Waals surface area contributed by atoms with Crippen LogP contribution in [0.2, 0.25) is 0 Å². The van der Waals surface area contributed by atoms with Crippen molar-refractivity contribution in [3.05, 3.63) is 16.1 Å². The van der Waals surface area contributed by atoms with Gasteiger partial charge in [-0.15, -0.1) is 16.4 Å². The molecule has 2 aromatic rings. The summed E-state index contributed by atoms with van der Waals surface area (Å²) in [6.45, 7) is 7.33. The Kier molecular flexibility index (Phi) is 5.07. The molecule has 2 aliphatic heterocycles. The number of morpholine rings is 1. The van der Waals surface area contributed by atoms with Gasteiger partial charge in [0.2, 0.25) is 0 Å². The van der Waals surface area contributed by atoms with Gasteiger partial charge in [-0.05, 0) is 25.8 Å². The Balaban J connectivity index is 1.43. The molecule has 3 amide bonds. The van der Waals surface area contributed by atoms with E-state index in [1.165, 1.54) is 11.3 Å². The van der Waals surface area contributed by atoms with Crippen LogP contribution in [0.25, 0.3) is 10.2 Å². The van der Waals surface area contributed by atoms with E-state index < -0.39 is 0 Å². The number of thiophene rings is 1. The second-order valence-corrected chi connectivity index (χ2v) is 8.22. The molecule has 0 aromatic carbocycles. The molecule has 2 aromatic heterocycles. The molecular weight excluding hydrogens is 380 g/mol. The number of aryl methyl sites for hydroxylation is 2. The summed E-state index contributed by atoms with van der Waals surface area (Å²) in [4.78, 5) is 30.1. The quantitative estimate of drug-likeness (QED) is 0.776. The standard InChI is InChI=1S/C18H24N6O3S/c1-10-11(2)21-22-17-13(10)14(19)15(28-17)16(25)20-12-3-4-24(9-12)18(26)23-5-7-27-8-6-23/h12H,3-9,19H2,1-2H3,(H,20,25). The minimum Gasteiger partial charge on any atom is -0.397 e. The number of hydrogen-bond donors (Lipinski definition) is 2. The van der Waals surface area contributed by atoms with Gasteiger partial charge in [0.25, 0.3) is 5.91 Å². The normalized spacial score (nSPS) is 20.0. The highest BCUT2D eigenvalue weighted by Gasteiger charge is 2.31. The fraction of sp³-hybridized carbons (Fsp3) is 0.556. The molecule has 0 saturated carbocycles. The van der Waals surface area contributed by atoms with E-state index in [9.17, 15) is 9.59 Å². The second kappa shape index (κ2) is 7.51. The molecule has 150 valence electrons. The minimum atomic E-state index is -0.219. The van der Waals surface area contributed by atoms with Crippen molar-refractivity contribution in [3.63, 3.8) is 0 Å². The zero-order valence-electron chi connectivity index (χ0n) is 16.0. The molecule has 0 spiro atoms. The first kappa shape index (κ1) is 18.9. The van der Waals surface area contributed by atoms with Crippen molar-refractivity contribution in [1.82, 2.24) is 25.3 Å². The Morgan fingerprint density at radius 3 is 2.68 bits per heavy atom. The molecule has 2 saturated heterocycles. The van der Waals surface area contributed by atoms with Crippen molar-refractivity contribution in [2.75, 3.05) is 45.1 Å². The molecular formula is C18H24N6O3S. The number of hydrogen-bond acceptors (Lipinski definition) is 7. The molecule has 2 fully saturated rings. The Hall–Kier alpha value is -2.46. The van der Waals surface area contributed by atoms with E-state index in [1.807, 2.05) is 18.7 Å². The number of nitrogens with one attached hydrogen (secondary N) is 1. The second-order valence-electron chi connectivity index (χ2n) is 7.22.